The first-order valence-corrected chi connectivity index (χ1v) is 10.9. The number of nitrogens with one attached hydrogen (secondary N) is 2. The predicted molar refractivity (Wildman–Crippen MR) is 131 cm³/mol. The third-order valence-electron chi connectivity index (χ3n) is 4.82. The fourth-order valence-corrected chi connectivity index (χ4v) is 3.13. The van der Waals surface area contributed by atoms with Crippen LogP contribution in [-0.4, -0.2) is 45.3 Å². The molecule has 1 heterocycles. The number of aromatic nitrogens is 3. The van der Waals surface area contributed by atoms with E-state index in [9.17, 15) is 0 Å². The van der Waals surface area contributed by atoms with Crippen molar-refractivity contribution in [1.82, 2.24) is 25.4 Å². The number of hydrogen-bond acceptors (Lipinski definition) is 4. The van der Waals surface area contributed by atoms with Crippen LogP contribution in [0.4, 0.5) is 0 Å². The molecule has 0 radical (unpaired) electrons. The maximum atomic E-state index is 4.75. The van der Waals surface area contributed by atoms with Crippen LogP contribution in [0.2, 0.25) is 0 Å². The lowest BCUT2D eigenvalue weighted by Crippen LogP contribution is -2.44. The van der Waals surface area contributed by atoms with Crippen molar-refractivity contribution in [2.45, 2.75) is 45.7 Å². The number of guanidine groups is 1. The van der Waals surface area contributed by atoms with Gasteiger partial charge in [-0.25, -0.2) is 4.99 Å². The molecule has 156 valence electrons. The Morgan fingerprint density at radius 2 is 1.93 bits per heavy atom. The highest BCUT2D eigenvalue weighted by molar-refractivity contribution is 14.0. The van der Waals surface area contributed by atoms with Gasteiger partial charge in [0, 0.05) is 25.6 Å². The highest BCUT2D eigenvalue weighted by atomic mass is 127. The SMILES string of the molecule is CSCCCNC(=NCc1nnc(C)n1C)NC(C)C(C)c1ccccc1.I. The van der Waals surface area contributed by atoms with Crippen LogP contribution in [0, 0.1) is 6.92 Å². The van der Waals surface area contributed by atoms with Crippen molar-refractivity contribution >= 4 is 41.7 Å². The van der Waals surface area contributed by atoms with E-state index in [2.05, 4.69) is 71.3 Å². The number of nitrogens with zero attached hydrogens (tertiary/aromatic N) is 4. The molecule has 0 spiro atoms. The Balaban J connectivity index is 0.00000392. The minimum Gasteiger partial charge on any atom is -0.356 e. The van der Waals surface area contributed by atoms with Crippen LogP contribution in [0.1, 0.15) is 43.4 Å². The molecule has 2 aromatic rings. The number of thioether (sulfide) groups is 1. The fraction of sp³-hybridized carbons (Fsp3) is 0.550. The molecule has 1 aromatic carbocycles. The highest BCUT2D eigenvalue weighted by Gasteiger charge is 2.15. The molecule has 8 heteroatoms. The van der Waals surface area contributed by atoms with Gasteiger partial charge >= 0.3 is 0 Å². The van der Waals surface area contributed by atoms with Crippen molar-refractivity contribution in [3.63, 3.8) is 0 Å². The van der Waals surface area contributed by atoms with Gasteiger partial charge in [-0.15, -0.1) is 34.2 Å². The Kier molecular flexibility index (Phi) is 11.5. The Labute approximate surface area is 190 Å². The maximum Gasteiger partial charge on any atom is 0.191 e. The zero-order chi connectivity index (χ0) is 19.6. The number of aryl methyl sites for hydroxylation is 1. The normalized spacial score (nSPS) is 13.5. The van der Waals surface area contributed by atoms with Gasteiger partial charge in [-0.2, -0.15) is 11.8 Å². The van der Waals surface area contributed by atoms with Crippen molar-refractivity contribution in [1.29, 1.82) is 0 Å². The van der Waals surface area contributed by atoms with Crippen LogP contribution in [0.25, 0.3) is 0 Å². The standard InChI is InChI=1S/C20H32N6S.HI/c1-15(18-10-7-6-8-11-18)16(2)23-20(21-12-9-13-27-5)22-14-19-25-24-17(3)26(19)4;/h6-8,10-11,15-16H,9,12-14H2,1-5H3,(H2,21,22,23);1H. The molecule has 28 heavy (non-hydrogen) atoms. The van der Waals surface area contributed by atoms with Crippen LogP contribution < -0.4 is 10.6 Å². The first kappa shape index (κ1) is 24.7. The number of rotatable bonds is 9. The van der Waals surface area contributed by atoms with Gasteiger partial charge in [0.2, 0.25) is 0 Å². The summed E-state index contributed by atoms with van der Waals surface area (Å²) in [5.41, 5.74) is 1.32. The van der Waals surface area contributed by atoms with Gasteiger partial charge in [0.25, 0.3) is 0 Å². The Morgan fingerprint density at radius 1 is 1.21 bits per heavy atom. The maximum absolute atomic E-state index is 4.75. The monoisotopic (exact) mass is 516 g/mol. The number of aliphatic imine (C=N–C) groups is 1. The average molecular weight is 516 g/mol. The summed E-state index contributed by atoms with van der Waals surface area (Å²) in [5, 5.41) is 15.3. The second-order valence-electron chi connectivity index (χ2n) is 6.79. The molecular weight excluding hydrogens is 483 g/mol. The zero-order valence-corrected chi connectivity index (χ0v) is 20.6. The van der Waals surface area contributed by atoms with Crippen LogP contribution in [0.3, 0.4) is 0 Å². The lowest BCUT2D eigenvalue weighted by Gasteiger charge is -2.24. The quantitative estimate of drug-likeness (QED) is 0.230. The van der Waals surface area contributed by atoms with Gasteiger partial charge < -0.3 is 15.2 Å². The van der Waals surface area contributed by atoms with Gasteiger partial charge in [0.05, 0.1) is 0 Å². The topological polar surface area (TPSA) is 67.1 Å². The molecule has 0 bridgehead atoms. The smallest absolute Gasteiger partial charge is 0.191 e. The van der Waals surface area contributed by atoms with Gasteiger partial charge in [0.15, 0.2) is 11.8 Å². The summed E-state index contributed by atoms with van der Waals surface area (Å²) >= 11 is 1.86. The summed E-state index contributed by atoms with van der Waals surface area (Å²) < 4.78 is 1.98. The van der Waals surface area contributed by atoms with E-state index in [1.54, 1.807) is 0 Å². The summed E-state index contributed by atoms with van der Waals surface area (Å²) in [5.74, 6) is 4.10. The summed E-state index contributed by atoms with van der Waals surface area (Å²) in [6, 6.07) is 10.8. The molecular formula is C20H33IN6S. The summed E-state index contributed by atoms with van der Waals surface area (Å²) in [4.78, 5) is 4.75. The average Bonchev–Trinajstić information content (AvgIpc) is 3.01. The van der Waals surface area contributed by atoms with E-state index in [4.69, 9.17) is 4.99 Å². The minimum absolute atomic E-state index is 0. The van der Waals surface area contributed by atoms with Crippen molar-refractivity contribution < 1.29 is 0 Å². The molecule has 0 aliphatic heterocycles. The molecule has 1 aromatic heterocycles. The Bertz CT molecular complexity index is 719. The first-order chi connectivity index (χ1) is 13.0. The van der Waals surface area contributed by atoms with Crippen LogP contribution >= 0.6 is 35.7 Å². The molecule has 0 fully saturated rings. The van der Waals surface area contributed by atoms with E-state index in [0.29, 0.717) is 12.5 Å². The first-order valence-electron chi connectivity index (χ1n) is 9.46. The molecule has 0 aliphatic rings. The van der Waals surface area contributed by atoms with Gasteiger partial charge in [-0.1, -0.05) is 37.3 Å². The predicted octanol–water partition coefficient (Wildman–Crippen LogP) is 3.72. The Hall–Kier alpha value is -1.29. The van der Waals surface area contributed by atoms with E-state index in [1.165, 1.54) is 5.56 Å². The fourth-order valence-electron chi connectivity index (χ4n) is 2.70. The number of halogens is 1. The van der Waals surface area contributed by atoms with E-state index in [1.807, 2.05) is 30.3 Å². The second kappa shape index (κ2) is 13.0. The van der Waals surface area contributed by atoms with E-state index < -0.39 is 0 Å². The van der Waals surface area contributed by atoms with Gasteiger partial charge in [0.1, 0.15) is 12.4 Å². The van der Waals surface area contributed by atoms with E-state index in [-0.39, 0.29) is 30.0 Å². The van der Waals surface area contributed by atoms with Crippen molar-refractivity contribution in [3.05, 3.63) is 47.5 Å². The molecule has 2 atom stereocenters. The molecule has 0 saturated heterocycles. The third-order valence-corrected chi connectivity index (χ3v) is 5.52. The summed E-state index contributed by atoms with van der Waals surface area (Å²) in [6.45, 7) is 7.79. The third kappa shape index (κ3) is 7.62. The Morgan fingerprint density at radius 3 is 2.54 bits per heavy atom. The second-order valence-corrected chi connectivity index (χ2v) is 7.78. The lowest BCUT2D eigenvalue weighted by molar-refractivity contribution is 0.548. The van der Waals surface area contributed by atoms with Crippen molar-refractivity contribution in [2.24, 2.45) is 12.0 Å². The van der Waals surface area contributed by atoms with Gasteiger partial charge in [-0.05, 0) is 37.8 Å². The van der Waals surface area contributed by atoms with Crippen LogP contribution in [0.5, 0.6) is 0 Å². The molecule has 6 nitrogen and oxygen atoms in total. The van der Waals surface area contributed by atoms with Gasteiger partial charge in [-0.3, -0.25) is 0 Å². The largest absolute Gasteiger partial charge is 0.356 e. The highest BCUT2D eigenvalue weighted by Crippen LogP contribution is 2.18. The molecule has 2 unspecified atom stereocenters. The molecule has 2 rings (SSSR count). The molecule has 0 aliphatic carbocycles. The summed E-state index contributed by atoms with van der Waals surface area (Å²) in [7, 11) is 1.97. The van der Waals surface area contributed by atoms with Crippen LogP contribution in [-0.2, 0) is 13.6 Å². The van der Waals surface area contributed by atoms with Crippen molar-refractivity contribution in [2.75, 3.05) is 18.6 Å². The summed E-state index contributed by atoms with van der Waals surface area (Å²) in [6.07, 6.45) is 3.24. The zero-order valence-electron chi connectivity index (χ0n) is 17.5. The van der Waals surface area contributed by atoms with Crippen LogP contribution in [0.15, 0.2) is 35.3 Å². The lowest BCUT2D eigenvalue weighted by atomic mass is 9.94. The number of hydrogen-bond donors (Lipinski definition) is 2. The minimum atomic E-state index is 0. The van der Waals surface area contributed by atoms with E-state index in [0.717, 1.165) is 36.3 Å². The van der Waals surface area contributed by atoms with E-state index >= 15 is 0 Å². The molecule has 2 N–H and O–H groups in total. The number of benzene rings is 1. The van der Waals surface area contributed by atoms with Crippen molar-refractivity contribution in [3.8, 4) is 0 Å². The molecule has 0 saturated carbocycles. The molecule has 0 amide bonds.